The summed E-state index contributed by atoms with van der Waals surface area (Å²) in [5, 5.41) is 17.0. The molecule has 0 radical (unpaired) electrons. The fourth-order valence-corrected chi connectivity index (χ4v) is 4.78. The molecule has 0 bridgehead atoms. The number of carbonyl (C=O) groups is 2. The highest BCUT2D eigenvalue weighted by molar-refractivity contribution is 5.98. The molecule has 1 fully saturated rings. The zero-order valence-corrected chi connectivity index (χ0v) is 23.8. The van der Waals surface area contributed by atoms with Gasteiger partial charge in [0.1, 0.15) is 17.1 Å². The largest absolute Gasteiger partial charge is 0.476 e. The number of nitrogens with one attached hydrogen (secondary N) is 3. The Bertz CT molecular complexity index is 1390. The van der Waals surface area contributed by atoms with Crippen LogP contribution < -0.4 is 26.4 Å². The molecular formula is C27H36FN9O4. The van der Waals surface area contributed by atoms with E-state index in [2.05, 4.69) is 36.2 Å². The fraction of sp³-hybridized carbons (Fsp3) is 0.481. The molecule has 0 unspecified atom stereocenters. The normalized spacial score (nSPS) is 15.2. The van der Waals surface area contributed by atoms with E-state index >= 15 is 4.39 Å². The van der Waals surface area contributed by atoms with Gasteiger partial charge in [0, 0.05) is 0 Å². The molecule has 5 N–H and O–H groups in total. The summed E-state index contributed by atoms with van der Waals surface area (Å²) in [6.45, 7) is 9.40. The van der Waals surface area contributed by atoms with Gasteiger partial charge in [-0.2, -0.15) is 0 Å². The van der Waals surface area contributed by atoms with Gasteiger partial charge in [-0.3, -0.25) is 4.79 Å². The second-order valence-electron chi connectivity index (χ2n) is 10.9. The summed E-state index contributed by atoms with van der Waals surface area (Å²) in [4.78, 5) is 33.5. The minimum absolute atomic E-state index is 0.0257. The number of hydrogen-bond acceptors (Lipinski definition) is 10. The molecule has 4 rings (SSSR count). The molecule has 0 aromatic carbocycles. The Balaban J connectivity index is 1.66. The van der Waals surface area contributed by atoms with E-state index in [0.29, 0.717) is 36.7 Å². The minimum atomic E-state index is -0.864. The van der Waals surface area contributed by atoms with Gasteiger partial charge in [-0.25, -0.2) is 23.8 Å². The molecule has 0 saturated heterocycles. The number of halogens is 1. The zero-order valence-electron chi connectivity index (χ0n) is 23.8. The Morgan fingerprint density at radius 3 is 2.56 bits per heavy atom. The van der Waals surface area contributed by atoms with Crippen molar-refractivity contribution in [2.45, 2.75) is 77.5 Å². The molecule has 3 heterocycles. The number of pyridine rings is 2. The molecule has 41 heavy (non-hydrogen) atoms. The van der Waals surface area contributed by atoms with Crippen molar-refractivity contribution in [3.63, 3.8) is 0 Å². The lowest BCUT2D eigenvalue weighted by molar-refractivity contribution is 0.0488. The van der Waals surface area contributed by atoms with Crippen LogP contribution in [-0.4, -0.2) is 60.8 Å². The molecule has 13 nitrogen and oxygen atoms in total. The number of alkyl carbamates (subject to hydrolysis) is 1. The summed E-state index contributed by atoms with van der Waals surface area (Å²) in [5.41, 5.74) is 4.97. The van der Waals surface area contributed by atoms with E-state index in [1.54, 1.807) is 33.0 Å². The summed E-state index contributed by atoms with van der Waals surface area (Å²) in [5.74, 6) is -1.36. The van der Waals surface area contributed by atoms with E-state index < -0.39 is 35.0 Å². The van der Waals surface area contributed by atoms with Crippen molar-refractivity contribution in [1.29, 1.82) is 0 Å². The second-order valence-corrected chi connectivity index (χ2v) is 10.9. The summed E-state index contributed by atoms with van der Waals surface area (Å²) in [6.07, 6.45) is 7.14. The molecule has 0 aliphatic heterocycles. The van der Waals surface area contributed by atoms with E-state index in [0.717, 1.165) is 18.9 Å². The standard InChI is InChI=1S/C27H36FN9O4/c1-6-40-24-20(37-12-11-31-36-37)13-17(15-30-24)33-22-18(21(29)38)14-19(28)23(34-22)35-27(9-7-8-10-27)16(2)32-25(39)41-26(3,4)5/h11-16H,6-10H2,1-5H3,(H2,29,38)(H,32,39)(H2,33,34,35)/t16-/m0/s1. The smallest absolute Gasteiger partial charge is 0.407 e. The van der Waals surface area contributed by atoms with E-state index in [9.17, 15) is 9.59 Å². The van der Waals surface area contributed by atoms with Gasteiger partial charge in [-0.05, 0) is 59.6 Å². The van der Waals surface area contributed by atoms with Crippen LogP contribution in [0.25, 0.3) is 5.69 Å². The van der Waals surface area contributed by atoms with E-state index in [1.165, 1.54) is 17.1 Å². The van der Waals surface area contributed by atoms with Crippen LogP contribution in [0.3, 0.4) is 0 Å². The third-order valence-corrected chi connectivity index (χ3v) is 6.71. The number of primary amides is 1. The maximum Gasteiger partial charge on any atom is 0.407 e. The second kappa shape index (κ2) is 11.9. The SMILES string of the molecule is CCOc1ncc(Nc2nc(NC3([C@H](C)NC(=O)OC(C)(C)C)CCCC3)c(F)cc2C(N)=O)cc1-n1ccnn1. The molecule has 2 amide bonds. The third kappa shape index (κ3) is 6.99. The molecule has 0 spiro atoms. The molecule has 14 heteroatoms. The Hall–Kier alpha value is -4.49. The number of carbonyl (C=O) groups excluding carboxylic acids is 2. The van der Waals surface area contributed by atoms with Gasteiger partial charge in [-0.15, -0.1) is 5.10 Å². The van der Waals surface area contributed by atoms with Crippen molar-refractivity contribution in [3.05, 3.63) is 42.1 Å². The topological polar surface area (TPSA) is 171 Å². The van der Waals surface area contributed by atoms with Crippen molar-refractivity contribution in [2.75, 3.05) is 17.2 Å². The number of nitrogens with two attached hydrogens (primary N) is 1. The summed E-state index contributed by atoms with van der Waals surface area (Å²) in [6, 6.07) is 2.30. The zero-order chi connectivity index (χ0) is 29.8. The average Bonchev–Trinajstić information content (AvgIpc) is 3.59. The van der Waals surface area contributed by atoms with Crippen LogP contribution in [0.4, 0.5) is 26.5 Å². The maximum atomic E-state index is 15.4. The molecule has 1 aliphatic carbocycles. The highest BCUT2D eigenvalue weighted by Gasteiger charge is 2.41. The first-order valence-corrected chi connectivity index (χ1v) is 13.5. The van der Waals surface area contributed by atoms with Gasteiger partial charge in [-0.1, -0.05) is 18.1 Å². The number of nitrogens with zero attached hydrogens (tertiary/aromatic N) is 5. The van der Waals surface area contributed by atoms with Crippen molar-refractivity contribution in [3.8, 4) is 11.6 Å². The van der Waals surface area contributed by atoms with Crippen LogP contribution in [0.15, 0.2) is 30.7 Å². The highest BCUT2D eigenvalue weighted by Crippen LogP contribution is 2.37. The lowest BCUT2D eigenvalue weighted by Crippen LogP contribution is -2.55. The van der Waals surface area contributed by atoms with Gasteiger partial charge < -0.3 is 31.2 Å². The van der Waals surface area contributed by atoms with Crippen LogP contribution in [0.1, 0.15) is 70.7 Å². The van der Waals surface area contributed by atoms with Crippen LogP contribution in [-0.2, 0) is 4.74 Å². The third-order valence-electron chi connectivity index (χ3n) is 6.71. The van der Waals surface area contributed by atoms with Crippen LogP contribution >= 0.6 is 0 Å². The molecule has 1 atom stereocenters. The number of ether oxygens (including phenoxy) is 2. The average molecular weight is 570 g/mol. The first kappa shape index (κ1) is 29.5. The Labute approximate surface area is 237 Å². The Morgan fingerprint density at radius 2 is 1.95 bits per heavy atom. The number of amides is 2. The molecular weight excluding hydrogens is 533 g/mol. The predicted octanol–water partition coefficient (Wildman–Crippen LogP) is 4.08. The molecule has 1 aliphatic rings. The molecule has 3 aromatic rings. The van der Waals surface area contributed by atoms with Crippen molar-refractivity contribution in [1.82, 2.24) is 30.3 Å². The number of rotatable bonds is 10. The van der Waals surface area contributed by atoms with Crippen LogP contribution in [0, 0.1) is 5.82 Å². The van der Waals surface area contributed by atoms with Gasteiger partial charge in [0.2, 0.25) is 5.88 Å². The summed E-state index contributed by atoms with van der Waals surface area (Å²) < 4.78 is 27.9. The molecule has 3 aromatic heterocycles. The maximum absolute atomic E-state index is 15.4. The molecule has 220 valence electrons. The fourth-order valence-electron chi connectivity index (χ4n) is 4.78. The van der Waals surface area contributed by atoms with E-state index in [4.69, 9.17) is 15.2 Å². The first-order chi connectivity index (χ1) is 19.4. The van der Waals surface area contributed by atoms with E-state index in [-0.39, 0.29) is 17.2 Å². The lowest BCUT2D eigenvalue weighted by atomic mass is 9.89. The summed E-state index contributed by atoms with van der Waals surface area (Å²) in [7, 11) is 0. The molecule has 1 saturated carbocycles. The van der Waals surface area contributed by atoms with Gasteiger partial charge in [0.15, 0.2) is 11.6 Å². The van der Waals surface area contributed by atoms with Crippen LogP contribution in [0.5, 0.6) is 5.88 Å². The van der Waals surface area contributed by atoms with Crippen molar-refractivity contribution < 1.29 is 23.5 Å². The van der Waals surface area contributed by atoms with Crippen molar-refractivity contribution in [2.24, 2.45) is 5.73 Å². The first-order valence-electron chi connectivity index (χ1n) is 13.5. The highest BCUT2D eigenvalue weighted by atomic mass is 19.1. The van der Waals surface area contributed by atoms with E-state index in [1.807, 2.05) is 13.8 Å². The number of aromatic nitrogens is 5. The monoisotopic (exact) mass is 569 g/mol. The number of hydrogen-bond donors (Lipinski definition) is 4. The van der Waals surface area contributed by atoms with Gasteiger partial charge >= 0.3 is 6.09 Å². The van der Waals surface area contributed by atoms with Gasteiger partial charge in [0.25, 0.3) is 5.91 Å². The predicted molar refractivity (Wildman–Crippen MR) is 150 cm³/mol. The summed E-state index contributed by atoms with van der Waals surface area (Å²) >= 11 is 0. The lowest BCUT2D eigenvalue weighted by Gasteiger charge is -2.37. The van der Waals surface area contributed by atoms with Crippen LogP contribution in [0.2, 0.25) is 0 Å². The number of anilines is 3. The van der Waals surface area contributed by atoms with Crippen molar-refractivity contribution >= 4 is 29.3 Å². The minimum Gasteiger partial charge on any atom is -0.476 e. The Kier molecular flexibility index (Phi) is 8.59. The quantitative estimate of drug-likeness (QED) is 0.279. The Morgan fingerprint density at radius 1 is 1.22 bits per heavy atom. The van der Waals surface area contributed by atoms with Gasteiger partial charge in [0.05, 0.1) is 48.0 Å².